The predicted molar refractivity (Wildman–Crippen MR) is 128 cm³/mol. The molecule has 4 aromatic rings. The van der Waals surface area contributed by atoms with E-state index in [4.69, 9.17) is 0 Å². The van der Waals surface area contributed by atoms with Gasteiger partial charge in [0, 0.05) is 24.7 Å². The molecule has 1 aliphatic rings. The maximum atomic E-state index is 13.3. The van der Waals surface area contributed by atoms with Crippen LogP contribution in [0, 0.1) is 6.92 Å². The Morgan fingerprint density at radius 2 is 1.94 bits per heavy atom. The molecule has 1 aliphatic heterocycles. The van der Waals surface area contributed by atoms with E-state index in [-0.39, 0.29) is 0 Å². The van der Waals surface area contributed by atoms with Crippen molar-refractivity contribution in [2.45, 2.75) is 37.1 Å². The van der Waals surface area contributed by atoms with Crippen LogP contribution in [0.15, 0.2) is 71.9 Å². The molecular weight excluding hydrogens is 402 g/mol. The number of aryl methyl sites for hydroxylation is 1. The number of nitrogens with one attached hydrogen (secondary N) is 1. The molecular formula is C26H27N3OS. The van der Waals surface area contributed by atoms with E-state index in [1.807, 2.05) is 12.1 Å². The molecule has 0 radical (unpaired) electrons. The van der Waals surface area contributed by atoms with E-state index in [1.165, 1.54) is 16.8 Å². The number of aromatic amines is 1. The second-order valence-electron chi connectivity index (χ2n) is 8.24. The van der Waals surface area contributed by atoms with Gasteiger partial charge >= 0.3 is 0 Å². The monoisotopic (exact) mass is 429 g/mol. The highest BCUT2D eigenvalue weighted by atomic mass is 32.2. The summed E-state index contributed by atoms with van der Waals surface area (Å²) >= 11 is 0. The Kier molecular flexibility index (Phi) is 5.36. The Bertz CT molecular complexity index is 1250. The summed E-state index contributed by atoms with van der Waals surface area (Å²) in [5.74, 6) is 0.835. The first-order chi connectivity index (χ1) is 15.1. The lowest BCUT2D eigenvalue weighted by Gasteiger charge is -2.37. The molecule has 2 unspecified atom stereocenters. The number of rotatable bonds is 5. The fourth-order valence-electron chi connectivity index (χ4n) is 4.71. The van der Waals surface area contributed by atoms with Gasteiger partial charge in [0.25, 0.3) is 0 Å². The van der Waals surface area contributed by atoms with Crippen molar-refractivity contribution in [1.82, 2.24) is 9.97 Å². The standard InChI is InChI=1S/C26H27N3OS/c1-3-29-15-14-21(19-8-5-4-6-9-19)22-11-7-10-20(25(22)29)17-31(30)26-27-23-13-12-18(2)16-24(23)28-26/h4-13,16,21H,3,14-15,17H2,1-2H3,(H,27,28). The van der Waals surface area contributed by atoms with Crippen LogP contribution in [0.1, 0.15) is 41.5 Å². The second-order valence-corrected chi connectivity index (χ2v) is 9.61. The molecule has 5 rings (SSSR count). The van der Waals surface area contributed by atoms with Gasteiger partial charge in [-0.15, -0.1) is 0 Å². The number of anilines is 1. The molecule has 3 aromatic carbocycles. The lowest BCUT2D eigenvalue weighted by atomic mass is 9.83. The first-order valence-electron chi connectivity index (χ1n) is 10.9. The van der Waals surface area contributed by atoms with Crippen LogP contribution in [0.2, 0.25) is 0 Å². The molecule has 158 valence electrons. The molecule has 1 aromatic heterocycles. The van der Waals surface area contributed by atoms with Crippen LogP contribution < -0.4 is 4.90 Å². The third-order valence-electron chi connectivity index (χ3n) is 6.23. The highest BCUT2D eigenvalue weighted by molar-refractivity contribution is 7.84. The number of aromatic nitrogens is 2. The smallest absolute Gasteiger partial charge is 0.197 e. The van der Waals surface area contributed by atoms with Gasteiger partial charge in [-0.25, -0.2) is 4.98 Å². The van der Waals surface area contributed by atoms with Gasteiger partial charge in [-0.3, -0.25) is 4.21 Å². The Hall–Kier alpha value is -2.92. The van der Waals surface area contributed by atoms with Gasteiger partial charge in [-0.1, -0.05) is 54.6 Å². The summed E-state index contributed by atoms with van der Waals surface area (Å²) in [6.45, 7) is 6.20. The molecule has 0 amide bonds. The average molecular weight is 430 g/mol. The molecule has 2 heterocycles. The number of hydrogen-bond acceptors (Lipinski definition) is 3. The largest absolute Gasteiger partial charge is 0.371 e. The highest BCUT2D eigenvalue weighted by Crippen LogP contribution is 2.41. The number of para-hydroxylation sites is 1. The van der Waals surface area contributed by atoms with E-state index in [9.17, 15) is 4.21 Å². The minimum absolute atomic E-state index is 0.376. The van der Waals surface area contributed by atoms with Crippen LogP contribution in [0.3, 0.4) is 0 Å². The minimum Gasteiger partial charge on any atom is -0.371 e. The highest BCUT2D eigenvalue weighted by Gasteiger charge is 2.28. The molecule has 0 aliphatic carbocycles. The SMILES string of the molecule is CCN1CCC(c2ccccc2)c2cccc(CS(=O)c3nc4ccc(C)cc4[nH]3)c21. The predicted octanol–water partition coefficient (Wildman–Crippen LogP) is 5.54. The fraction of sp³-hybridized carbons (Fsp3) is 0.269. The summed E-state index contributed by atoms with van der Waals surface area (Å²) in [7, 11) is -1.24. The van der Waals surface area contributed by atoms with Crippen molar-refractivity contribution in [3.05, 3.63) is 89.0 Å². The topological polar surface area (TPSA) is 49.0 Å². The van der Waals surface area contributed by atoms with Gasteiger partial charge in [0.2, 0.25) is 0 Å². The van der Waals surface area contributed by atoms with Crippen LogP contribution in [0.5, 0.6) is 0 Å². The molecule has 0 fully saturated rings. The van der Waals surface area contributed by atoms with Crippen molar-refractivity contribution in [2.75, 3.05) is 18.0 Å². The summed E-state index contributed by atoms with van der Waals surface area (Å²) in [5.41, 5.74) is 8.05. The second kappa shape index (κ2) is 8.31. The quantitative estimate of drug-likeness (QED) is 0.453. The van der Waals surface area contributed by atoms with Gasteiger partial charge in [-0.05, 0) is 54.7 Å². The van der Waals surface area contributed by atoms with Crippen LogP contribution in [0.4, 0.5) is 5.69 Å². The van der Waals surface area contributed by atoms with Crippen molar-refractivity contribution in [1.29, 1.82) is 0 Å². The number of hydrogen-bond donors (Lipinski definition) is 1. The van der Waals surface area contributed by atoms with Crippen LogP contribution >= 0.6 is 0 Å². The lowest BCUT2D eigenvalue weighted by molar-refractivity contribution is 0.640. The Morgan fingerprint density at radius 3 is 2.74 bits per heavy atom. The van der Waals surface area contributed by atoms with Crippen LogP contribution in [-0.2, 0) is 16.6 Å². The van der Waals surface area contributed by atoms with Crippen molar-refractivity contribution < 1.29 is 4.21 Å². The maximum Gasteiger partial charge on any atom is 0.197 e. The number of H-pyrrole nitrogens is 1. The van der Waals surface area contributed by atoms with Crippen molar-refractivity contribution >= 4 is 27.5 Å². The number of benzene rings is 3. The van der Waals surface area contributed by atoms with E-state index in [0.717, 1.165) is 41.7 Å². The molecule has 31 heavy (non-hydrogen) atoms. The van der Waals surface area contributed by atoms with E-state index < -0.39 is 10.8 Å². The van der Waals surface area contributed by atoms with E-state index in [0.29, 0.717) is 16.8 Å². The van der Waals surface area contributed by atoms with Crippen LogP contribution in [0.25, 0.3) is 11.0 Å². The number of imidazole rings is 1. The Balaban J connectivity index is 1.51. The summed E-state index contributed by atoms with van der Waals surface area (Å²) in [6, 6.07) is 23.3. The fourth-order valence-corrected chi connectivity index (χ4v) is 5.79. The van der Waals surface area contributed by atoms with Crippen molar-refractivity contribution in [3.8, 4) is 0 Å². The summed E-state index contributed by atoms with van der Waals surface area (Å²) in [4.78, 5) is 10.3. The van der Waals surface area contributed by atoms with E-state index >= 15 is 0 Å². The molecule has 5 heteroatoms. The molecule has 1 N–H and O–H groups in total. The first kappa shape index (κ1) is 20.0. The molecule has 0 saturated carbocycles. The summed E-state index contributed by atoms with van der Waals surface area (Å²) in [5, 5.41) is 0.552. The van der Waals surface area contributed by atoms with Gasteiger partial charge in [0.1, 0.15) is 0 Å². The van der Waals surface area contributed by atoms with Crippen molar-refractivity contribution in [3.63, 3.8) is 0 Å². The number of fused-ring (bicyclic) bond motifs is 2. The first-order valence-corrected chi connectivity index (χ1v) is 12.2. The van der Waals surface area contributed by atoms with E-state index in [1.54, 1.807) is 0 Å². The zero-order valence-electron chi connectivity index (χ0n) is 18.0. The molecule has 2 atom stereocenters. The van der Waals surface area contributed by atoms with Gasteiger partial charge in [0.05, 0.1) is 27.6 Å². The lowest BCUT2D eigenvalue weighted by Crippen LogP contribution is -2.32. The average Bonchev–Trinajstić information content (AvgIpc) is 3.22. The molecule has 0 saturated heterocycles. The zero-order chi connectivity index (χ0) is 21.4. The summed E-state index contributed by atoms with van der Waals surface area (Å²) < 4.78 is 13.3. The number of nitrogens with zero attached hydrogens (tertiary/aromatic N) is 2. The third kappa shape index (κ3) is 3.79. The third-order valence-corrected chi connectivity index (χ3v) is 7.43. The molecule has 0 bridgehead atoms. The molecule has 0 spiro atoms. The zero-order valence-corrected chi connectivity index (χ0v) is 18.8. The van der Waals surface area contributed by atoms with E-state index in [2.05, 4.69) is 83.3 Å². The maximum absolute atomic E-state index is 13.3. The normalized spacial score (nSPS) is 17.0. The summed E-state index contributed by atoms with van der Waals surface area (Å²) in [6.07, 6.45) is 1.10. The van der Waals surface area contributed by atoms with Gasteiger partial charge in [0.15, 0.2) is 5.16 Å². The van der Waals surface area contributed by atoms with Gasteiger partial charge < -0.3 is 9.88 Å². The van der Waals surface area contributed by atoms with Crippen LogP contribution in [-0.4, -0.2) is 27.3 Å². The Morgan fingerprint density at radius 1 is 1.10 bits per heavy atom. The Labute approximate surface area is 185 Å². The van der Waals surface area contributed by atoms with Gasteiger partial charge in [-0.2, -0.15) is 0 Å². The molecule has 4 nitrogen and oxygen atoms in total. The minimum atomic E-state index is -1.24. The van der Waals surface area contributed by atoms with Crippen molar-refractivity contribution in [2.24, 2.45) is 0 Å².